The molecule has 3 unspecified atom stereocenters. The molecule has 8 nitrogen and oxygen atoms in total. The van der Waals surface area contributed by atoms with Crippen LogP contribution in [-0.4, -0.2) is 48.9 Å². The van der Waals surface area contributed by atoms with E-state index >= 15 is 0 Å². The average molecular weight is 556 g/mol. The van der Waals surface area contributed by atoms with Gasteiger partial charge in [-0.1, -0.05) is 55.8 Å². The summed E-state index contributed by atoms with van der Waals surface area (Å²) in [4.78, 5) is 50.4. The molecule has 0 saturated carbocycles. The van der Waals surface area contributed by atoms with Gasteiger partial charge in [-0.3, -0.25) is 19.2 Å². The van der Waals surface area contributed by atoms with E-state index in [2.05, 4.69) is 16.0 Å². The van der Waals surface area contributed by atoms with Crippen LogP contribution in [0.2, 0.25) is 5.02 Å². The summed E-state index contributed by atoms with van der Waals surface area (Å²) in [6, 6.07) is 8.11. The van der Waals surface area contributed by atoms with Crippen molar-refractivity contribution < 1.29 is 37.1 Å². The van der Waals surface area contributed by atoms with E-state index in [1.54, 1.807) is 24.3 Å². The van der Waals surface area contributed by atoms with Gasteiger partial charge in [-0.15, -0.1) is 0 Å². The molecule has 3 atom stereocenters. The fraction of sp³-hybridized carbons (Fsp3) is 0.385. The first kappa shape index (κ1) is 30.6. The number of hydrogen-bond acceptors (Lipinski definition) is 5. The molecule has 0 aliphatic carbocycles. The lowest BCUT2D eigenvalue weighted by Gasteiger charge is -2.26. The van der Waals surface area contributed by atoms with Gasteiger partial charge in [0.25, 0.3) is 5.78 Å². The Hall–Kier alpha value is -3.60. The Bertz CT molecular complexity index is 1160. The maximum Gasteiger partial charge on any atom is 0.452 e. The van der Waals surface area contributed by atoms with Gasteiger partial charge in [-0.25, -0.2) is 0 Å². The van der Waals surface area contributed by atoms with Gasteiger partial charge >= 0.3 is 6.18 Å². The third-order valence-corrected chi connectivity index (χ3v) is 5.97. The molecular formula is C26H29ClF3N3O5. The van der Waals surface area contributed by atoms with Crippen LogP contribution in [0.4, 0.5) is 13.2 Å². The third kappa shape index (κ3) is 8.47. The van der Waals surface area contributed by atoms with Crippen LogP contribution in [-0.2, 0) is 25.6 Å². The fourth-order valence-corrected chi connectivity index (χ4v) is 3.69. The Labute approximate surface area is 223 Å². The highest BCUT2D eigenvalue weighted by Gasteiger charge is 2.45. The van der Waals surface area contributed by atoms with Crippen molar-refractivity contribution in [2.75, 3.05) is 7.11 Å². The summed E-state index contributed by atoms with van der Waals surface area (Å²) in [5.41, 5.74) is 0.761. The molecule has 2 aromatic carbocycles. The number of Topliss-reactive ketones (excluding diaryl/α,β-unsaturated/α-hetero) is 1. The molecule has 0 saturated heterocycles. The Kier molecular flexibility index (Phi) is 10.7. The molecule has 0 radical (unpaired) electrons. The van der Waals surface area contributed by atoms with Gasteiger partial charge in [0.2, 0.25) is 17.7 Å². The summed E-state index contributed by atoms with van der Waals surface area (Å²) in [7, 11) is 1.42. The van der Waals surface area contributed by atoms with Crippen molar-refractivity contribution in [2.45, 2.75) is 51.5 Å². The van der Waals surface area contributed by atoms with Gasteiger partial charge in [-0.05, 0) is 42.2 Å². The van der Waals surface area contributed by atoms with Crippen LogP contribution in [0.5, 0.6) is 5.75 Å². The lowest BCUT2D eigenvalue weighted by atomic mass is 9.97. The van der Waals surface area contributed by atoms with Gasteiger partial charge in [0.15, 0.2) is 0 Å². The molecular weight excluding hydrogens is 527 g/mol. The van der Waals surface area contributed by atoms with E-state index in [0.29, 0.717) is 16.3 Å². The number of carbonyl (C=O) groups excluding carboxylic acids is 4. The molecule has 0 fully saturated rings. The number of hydrogen-bond donors (Lipinski definition) is 3. The molecule has 0 aliphatic rings. The number of ether oxygens (including phenoxy) is 1. The Morgan fingerprint density at radius 2 is 1.50 bits per heavy atom. The van der Waals surface area contributed by atoms with E-state index in [4.69, 9.17) is 16.3 Å². The number of alkyl halides is 3. The third-order valence-electron chi connectivity index (χ3n) is 5.60. The predicted octanol–water partition coefficient (Wildman–Crippen LogP) is 3.53. The van der Waals surface area contributed by atoms with E-state index in [0.717, 1.165) is 0 Å². The first-order valence-corrected chi connectivity index (χ1v) is 12.0. The first-order chi connectivity index (χ1) is 17.7. The van der Waals surface area contributed by atoms with Crippen molar-refractivity contribution in [1.82, 2.24) is 16.0 Å². The van der Waals surface area contributed by atoms with Crippen molar-refractivity contribution >= 4 is 35.1 Å². The second-order valence-corrected chi connectivity index (χ2v) is 9.27. The molecule has 0 aromatic heterocycles. The molecule has 38 heavy (non-hydrogen) atoms. The SMILES string of the molecule is COc1ccc(C(NC(=O)C(C)NC(=O)Cc2ccccc2Cl)C(=O)NC(C(=O)C(F)(F)F)C(C)C)cc1. The zero-order chi connectivity index (χ0) is 28.6. The standard InChI is InChI=1S/C26H29ClF3N3O5/c1-14(2)21(23(35)26(28,29)30)32-25(37)22(16-9-11-18(38-4)12-10-16)33-24(36)15(3)31-20(34)13-17-7-5-6-8-19(17)27/h5-12,14-15,21-22H,13H2,1-4H3,(H,31,34)(H,32,37)(H,33,36). The zero-order valence-electron chi connectivity index (χ0n) is 21.2. The molecule has 206 valence electrons. The predicted molar refractivity (Wildman–Crippen MR) is 134 cm³/mol. The molecule has 2 aromatic rings. The maximum absolute atomic E-state index is 13.1. The highest BCUT2D eigenvalue weighted by Crippen LogP contribution is 2.23. The minimum atomic E-state index is -5.17. The summed E-state index contributed by atoms with van der Waals surface area (Å²) in [6.45, 7) is 4.09. The van der Waals surface area contributed by atoms with E-state index < -0.39 is 53.7 Å². The highest BCUT2D eigenvalue weighted by molar-refractivity contribution is 6.31. The molecule has 0 heterocycles. The smallest absolute Gasteiger partial charge is 0.452 e. The van der Waals surface area contributed by atoms with Crippen molar-refractivity contribution in [2.24, 2.45) is 5.92 Å². The first-order valence-electron chi connectivity index (χ1n) is 11.6. The fourth-order valence-electron chi connectivity index (χ4n) is 3.48. The number of halogens is 4. The Morgan fingerprint density at radius 1 is 0.895 bits per heavy atom. The number of ketones is 1. The summed E-state index contributed by atoms with van der Waals surface area (Å²) < 4.78 is 44.4. The zero-order valence-corrected chi connectivity index (χ0v) is 21.9. The number of benzene rings is 2. The molecule has 3 N–H and O–H groups in total. The summed E-state index contributed by atoms with van der Waals surface area (Å²) in [5, 5.41) is 7.45. The molecule has 12 heteroatoms. The monoisotopic (exact) mass is 555 g/mol. The summed E-state index contributed by atoms with van der Waals surface area (Å²) in [6.07, 6.45) is -5.27. The second kappa shape index (κ2) is 13.3. The number of nitrogens with one attached hydrogen (secondary N) is 3. The van der Waals surface area contributed by atoms with Gasteiger partial charge in [0, 0.05) is 5.02 Å². The van der Waals surface area contributed by atoms with Crippen LogP contribution < -0.4 is 20.7 Å². The second-order valence-electron chi connectivity index (χ2n) is 8.86. The molecule has 0 aliphatic heterocycles. The number of carbonyl (C=O) groups is 4. The van der Waals surface area contributed by atoms with E-state index in [-0.39, 0.29) is 12.0 Å². The average Bonchev–Trinajstić information content (AvgIpc) is 2.85. The van der Waals surface area contributed by atoms with Crippen molar-refractivity contribution in [3.8, 4) is 5.75 Å². The van der Waals surface area contributed by atoms with Crippen LogP contribution in [0, 0.1) is 5.92 Å². The number of amides is 3. The quantitative estimate of drug-likeness (QED) is 0.393. The highest BCUT2D eigenvalue weighted by atomic mass is 35.5. The van der Waals surface area contributed by atoms with Gasteiger partial charge in [0.05, 0.1) is 19.6 Å². The van der Waals surface area contributed by atoms with E-state index in [1.165, 1.54) is 52.1 Å². The van der Waals surface area contributed by atoms with Gasteiger partial charge < -0.3 is 20.7 Å². The Balaban J connectivity index is 2.23. The minimum absolute atomic E-state index is 0.102. The lowest BCUT2D eigenvalue weighted by molar-refractivity contribution is -0.175. The molecule has 2 rings (SSSR count). The topological polar surface area (TPSA) is 114 Å². The normalized spacial score (nSPS) is 13.7. The van der Waals surface area contributed by atoms with Crippen LogP contribution >= 0.6 is 11.6 Å². The van der Waals surface area contributed by atoms with Gasteiger partial charge in [-0.2, -0.15) is 13.2 Å². The maximum atomic E-state index is 13.1. The number of methoxy groups -OCH3 is 1. The van der Waals surface area contributed by atoms with Crippen LogP contribution in [0.1, 0.15) is 37.9 Å². The van der Waals surface area contributed by atoms with Gasteiger partial charge in [0.1, 0.15) is 17.8 Å². The van der Waals surface area contributed by atoms with Crippen LogP contribution in [0.25, 0.3) is 0 Å². The summed E-state index contributed by atoms with van der Waals surface area (Å²) in [5.74, 6) is -4.89. The van der Waals surface area contributed by atoms with Crippen molar-refractivity contribution in [3.05, 3.63) is 64.7 Å². The van der Waals surface area contributed by atoms with E-state index in [1.807, 2.05) is 0 Å². The number of rotatable bonds is 11. The van der Waals surface area contributed by atoms with Crippen LogP contribution in [0.15, 0.2) is 48.5 Å². The molecule has 3 amide bonds. The minimum Gasteiger partial charge on any atom is -0.497 e. The Morgan fingerprint density at radius 3 is 2.03 bits per heavy atom. The van der Waals surface area contributed by atoms with Crippen LogP contribution in [0.3, 0.4) is 0 Å². The van der Waals surface area contributed by atoms with E-state index in [9.17, 15) is 32.3 Å². The van der Waals surface area contributed by atoms with Crippen molar-refractivity contribution in [3.63, 3.8) is 0 Å². The molecule has 0 bridgehead atoms. The lowest BCUT2D eigenvalue weighted by Crippen LogP contribution is -2.54. The van der Waals surface area contributed by atoms with Crippen molar-refractivity contribution in [1.29, 1.82) is 0 Å². The largest absolute Gasteiger partial charge is 0.497 e. The molecule has 0 spiro atoms. The summed E-state index contributed by atoms with van der Waals surface area (Å²) >= 11 is 6.07.